The number of rotatable bonds is 5. The van der Waals surface area contributed by atoms with Gasteiger partial charge in [-0.3, -0.25) is 4.79 Å². The topological polar surface area (TPSA) is 77.6 Å². The SMILES string of the molecule is CCOC(=O)c1[nH]c2c(c1C)C(=O)C[C@@H](c1cc(OC)ccc1OC)C2. The highest BCUT2D eigenvalue weighted by Crippen LogP contribution is 2.39. The summed E-state index contributed by atoms with van der Waals surface area (Å²) in [7, 11) is 3.22. The molecule has 1 aromatic heterocycles. The van der Waals surface area contributed by atoms with E-state index in [1.807, 2.05) is 18.2 Å². The third kappa shape index (κ3) is 3.07. The second-order valence-corrected chi connectivity index (χ2v) is 6.34. The van der Waals surface area contributed by atoms with Gasteiger partial charge in [-0.1, -0.05) is 0 Å². The van der Waals surface area contributed by atoms with E-state index < -0.39 is 5.97 Å². The van der Waals surface area contributed by atoms with Crippen LogP contribution in [0.1, 0.15) is 56.9 Å². The largest absolute Gasteiger partial charge is 0.497 e. The summed E-state index contributed by atoms with van der Waals surface area (Å²) in [6.07, 6.45) is 0.975. The lowest BCUT2D eigenvalue weighted by Crippen LogP contribution is -2.19. The molecule has 3 rings (SSSR count). The van der Waals surface area contributed by atoms with Crippen molar-refractivity contribution in [2.24, 2.45) is 0 Å². The van der Waals surface area contributed by atoms with Crippen molar-refractivity contribution < 1.29 is 23.8 Å². The predicted molar refractivity (Wildman–Crippen MR) is 96.4 cm³/mol. The zero-order chi connectivity index (χ0) is 18.8. The molecule has 0 aliphatic heterocycles. The number of hydrogen-bond acceptors (Lipinski definition) is 5. The lowest BCUT2D eigenvalue weighted by atomic mass is 9.81. The van der Waals surface area contributed by atoms with Crippen LogP contribution < -0.4 is 9.47 Å². The molecule has 0 saturated heterocycles. The molecular weight excluding hydrogens is 334 g/mol. The van der Waals surface area contributed by atoms with Crippen molar-refractivity contribution >= 4 is 11.8 Å². The van der Waals surface area contributed by atoms with E-state index in [1.54, 1.807) is 28.1 Å². The van der Waals surface area contributed by atoms with Crippen molar-refractivity contribution in [3.8, 4) is 11.5 Å². The predicted octanol–water partition coefficient (Wildman–Crippen LogP) is 3.43. The lowest BCUT2D eigenvalue weighted by Gasteiger charge is -2.24. The molecule has 0 saturated carbocycles. The van der Waals surface area contributed by atoms with Crippen molar-refractivity contribution in [1.82, 2.24) is 4.98 Å². The molecule has 2 aromatic rings. The second-order valence-electron chi connectivity index (χ2n) is 6.34. The average molecular weight is 357 g/mol. The highest BCUT2D eigenvalue weighted by molar-refractivity contribution is 6.03. The molecule has 1 aliphatic carbocycles. The first-order chi connectivity index (χ1) is 12.5. The molecule has 0 bridgehead atoms. The molecule has 1 aromatic carbocycles. The monoisotopic (exact) mass is 357 g/mol. The highest BCUT2D eigenvalue weighted by atomic mass is 16.5. The summed E-state index contributed by atoms with van der Waals surface area (Å²) in [5, 5.41) is 0. The molecule has 26 heavy (non-hydrogen) atoms. The van der Waals surface area contributed by atoms with Crippen molar-refractivity contribution in [3.63, 3.8) is 0 Å². The van der Waals surface area contributed by atoms with Crippen LogP contribution in [0.15, 0.2) is 18.2 Å². The number of nitrogens with one attached hydrogen (secondary N) is 1. The number of hydrogen-bond donors (Lipinski definition) is 1. The number of aromatic nitrogens is 1. The van der Waals surface area contributed by atoms with E-state index in [4.69, 9.17) is 14.2 Å². The maximum Gasteiger partial charge on any atom is 0.355 e. The zero-order valence-electron chi connectivity index (χ0n) is 15.5. The first-order valence-electron chi connectivity index (χ1n) is 8.63. The Labute approximate surface area is 152 Å². The number of aromatic amines is 1. The second kappa shape index (κ2) is 7.23. The first kappa shape index (κ1) is 18.0. The van der Waals surface area contributed by atoms with E-state index in [0.717, 1.165) is 17.0 Å². The number of carbonyl (C=O) groups is 2. The van der Waals surface area contributed by atoms with E-state index in [-0.39, 0.29) is 11.7 Å². The highest BCUT2D eigenvalue weighted by Gasteiger charge is 2.33. The fourth-order valence-electron chi connectivity index (χ4n) is 3.62. The van der Waals surface area contributed by atoms with Crippen molar-refractivity contribution in [1.29, 1.82) is 0 Å². The molecule has 0 unspecified atom stereocenters. The quantitative estimate of drug-likeness (QED) is 0.830. The first-order valence-corrected chi connectivity index (χ1v) is 8.63. The number of Topliss-reactive ketones (excluding diaryl/α,β-unsaturated/α-hetero) is 1. The van der Waals surface area contributed by atoms with Crippen molar-refractivity contribution in [3.05, 3.63) is 46.3 Å². The fraction of sp³-hybridized carbons (Fsp3) is 0.400. The average Bonchev–Trinajstić information content (AvgIpc) is 2.98. The Kier molecular flexibility index (Phi) is 5.02. The van der Waals surface area contributed by atoms with Crippen LogP contribution in [0, 0.1) is 6.92 Å². The maximum absolute atomic E-state index is 12.8. The third-order valence-corrected chi connectivity index (χ3v) is 4.85. The van der Waals surface area contributed by atoms with Gasteiger partial charge >= 0.3 is 5.97 Å². The maximum atomic E-state index is 12.8. The Balaban J connectivity index is 1.99. The minimum atomic E-state index is -0.428. The van der Waals surface area contributed by atoms with Crippen LogP contribution in [0.3, 0.4) is 0 Å². The van der Waals surface area contributed by atoms with E-state index in [2.05, 4.69) is 4.98 Å². The molecule has 6 nitrogen and oxygen atoms in total. The standard InChI is InChI=1S/C20H23NO5/c1-5-26-20(23)19-11(2)18-15(21-19)8-12(9-16(18)22)14-10-13(24-3)6-7-17(14)25-4/h6-7,10,12,21H,5,8-9H2,1-4H3/t12-/m0/s1. The summed E-state index contributed by atoms with van der Waals surface area (Å²) in [6.45, 7) is 3.83. The Bertz CT molecular complexity index is 852. The van der Waals surface area contributed by atoms with E-state index in [1.165, 1.54) is 0 Å². The summed E-state index contributed by atoms with van der Waals surface area (Å²) >= 11 is 0. The van der Waals surface area contributed by atoms with Crippen LogP contribution in [0.5, 0.6) is 11.5 Å². The van der Waals surface area contributed by atoms with Gasteiger partial charge in [-0.25, -0.2) is 4.79 Å². The molecule has 0 amide bonds. The van der Waals surface area contributed by atoms with Crippen molar-refractivity contribution in [2.45, 2.75) is 32.6 Å². The number of fused-ring (bicyclic) bond motifs is 1. The van der Waals surface area contributed by atoms with Crippen LogP contribution in [0.4, 0.5) is 0 Å². The summed E-state index contributed by atoms with van der Waals surface area (Å²) in [5.74, 6) is 0.983. The number of esters is 1. The number of methoxy groups -OCH3 is 2. The van der Waals surface area contributed by atoms with Crippen molar-refractivity contribution in [2.75, 3.05) is 20.8 Å². The molecular formula is C20H23NO5. The van der Waals surface area contributed by atoms with Crippen LogP contribution in [0.25, 0.3) is 0 Å². The van der Waals surface area contributed by atoms with Gasteiger partial charge in [-0.05, 0) is 44.0 Å². The third-order valence-electron chi connectivity index (χ3n) is 4.85. The smallest absolute Gasteiger partial charge is 0.355 e. The minimum absolute atomic E-state index is 0.0189. The van der Waals surface area contributed by atoms with Crippen LogP contribution in [0.2, 0.25) is 0 Å². The molecule has 0 radical (unpaired) electrons. The Morgan fingerprint density at radius 1 is 1.23 bits per heavy atom. The summed E-state index contributed by atoms with van der Waals surface area (Å²) < 4.78 is 15.9. The number of benzene rings is 1. The molecule has 0 fully saturated rings. The number of ether oxygens (including phenoxy) is 3. The lowest BCUT2D eigenvalue weighted by molar-refractivity contribution is 0.0519. The van der Waals surface area contributed by atoms with Gasteiger partial charge in [-0.15, -0.1) is 0 Å². The van der Waals surface area contributed by atoms with Gasteiger partial charge in [0.05, 0.1) is 20.8 Å². The number of H-pyrrole nitrogens is 1. The zero-order valence-corrected chi connectivity index (χ0v) is 15.5. The van der Waals surface area contributed by atoms with E-state index >= 15 is 0 Å². The normalized spacial score (nSPS) is 16.2. The summed E-state index contributed by atoms with van der Waals surface area (Å²) in [5.41, 5.74) is 3.35. The van der Waals surface area contributed by atoms with Gasteiger partial charge in [0.15, 0.2) is 5.78 Å². The van der Waals surface area contributed by atoms with Gasteiger partial charge in [0, 0.05) is 29.2 Å². The van der Waals surface area contributed by atoms with Crippen LogP contribution in [-0.4, -0.2) is 37.6 Å². The van der Waals surface area contributed by atoms with E-state index in [0.29, 0.717) is 42.0 Å². The van der Waals surface area contributed by atoms with Gasteiger partial charge in [-0.2, -0.15) is 0 Å². The number of ketones is 1. The van der Waals surface area contributed by atoms with Crippen LogP contribution in [-0.2, 0) is 11.2 Å². The molecule has 1 heterocycles. The van der Waals surface area contributed by atoms with Gasteiger partial charge in [0.25, 0.3) is 0 Å². The van der Waals surface area contributed by atoms with Gasteiger partial charge < -0.3 is 19.2 Å². The molecule has 1 N–H and O–H groups in total. The van der Waals surface area contributed by atoms with Gasteiger partial charge in [0.2, 0.25) is 0 Å². The molecule has 0 spiro atoms. The summed E-state index contributed by atoms with van der Waals surface area (Å²) in [4.78, 5) is 28.0. The Hall–Kier alpha value is -2.76. The van der Waals surface area contributed by atoms with Crippen LogP contribution >= 0.6 is 0 Å². The molecule has 6 heteroatoms. The number of carbonyl (C=O) groups excluding carboxylic acids is 2. The van der Waals surface area contributed by atoms with Gasteiger partial charge in [0.1, 0.15) is 17.2 Å². The Morgan fingerprint density at radius 3 is 2.65 bits per heavy atom. The fourth-order valence-corrected chi connectivity index (χ4v) is 3.62. The molecule has 1 aliphatic rings. The molecule has 138 valence electrons. The summed E-state index contributed by atoms with van der Waals surface area (Å²) in [6, 6.07) is 5.58. The van der Waals surface area contributed by atoms with E-state index in [9.17, 15) is 9.59 Å². The minimum Gasteiger partial charge on any atom is -0.497 e. The Morgan fingerprint density at radius 2 is 2.00 bits per heavy atom. The molecule has 1 atom stereocenters.